The van der Waals surface area contributed by atoms with Crippen molar-refractivity contribution in [3.05, 3.63) is 45.9 Å². The van der Waals surface area contributed by atoms with Gasteiger partial charge in [0.05, 0.1) is 10.5 Å². The average Bonchev–Trinajstić information content (AvgIpc) is 2.65. The van der Waals surface area contributed by atoms with Crippen molar-refractivity contribution in [1.82, 2.24) is 9.03 Å². The van der Waals surface area contributed by atoms with E-state index >= 15 is 0 Å². The van der Waals surface area contributed by atoms with E-state index in [1.807, 2.05) is 0 Å². The third kappa shape index (κ3) is 5.52. The Hall–Kier alpha value is -2.03. The molecule has 0 bridgehead atoms. The van der Waals surface area contributed by atoms with Gasteiger partial charge >= 0.3 is 6.18 Å². The summed E-state index contributed by atoms with van der Waals surface area (Å²) < 4.78 is 90.3. The second kappa shape index (κ2) is 8.38. The minimum absolute atomic E-state index is 0.00518. The summed E-state index contributed by atoms with van der Waals surface area (Å²) in [6.07, 6.45) is -4.01. The summed E-state index contributed by atoms with van der Waals surface area (Å²) in [6, 6.07) is 1.23. The second-order valence-electron chi connectivity index (χ2n) is 6.37. The number of benzene rings is 1. The number of rotatable bonds is 7. The molecular weight excluding hydrogens is 439 g/mol. The molecule has 162 valence electrons. The highest BCUT2D eigenvalue weighted by molar-refractivity contribution is 7.92. The highest BCUT2D eigenvalue weighted by Gasteiger charge is 2.38. The van der Waals surface area contributed by atoms with Gasteiger partial charge in [-0.3, -0.25) is 10.1 Å². The van der Waals surface area contributed by atoms with Gasteiger partial charge in [-0.15, -0.1) is 0 Å². The highest BCUT2D eigenvalue weighted by Crippen LogP contribution is 2.36. The molecule has 29 heavy (non-hydrogen) atoms. The van der Waals surface area contributed by atoms with Crippen molar-refractivity contribution in [2.45, 2.75) is 23.9 Å². The number of hydrogen-bond donors (Lipinski definition) is 1. The molecule has 0 unspecified atom stereocenters. The van der Waals surface area contributed by atoms with Gasteiger partial charge in [0.1, 0.15) is 0 Å². The zero-order valence-electron chi connectivity index (χ0n) is 14.9. The Morgan fingerprint density at radius 3 is 2.52 bits per heavy atom. The normalized spacial score (nSPS) is 19.1. The highest BCUT2D eigenvalue weighted by atomic mass is 32.2. The van der Waals surface area contributed by atoms with Crippen molar-refractivity contribution in [2.75, 3.05) is 19.6 Å². The fraction of sp³-hybridized carbons (Fsp3) is 0.467. The Labute approximate surface area is 165 Å². The molecule has 0 radical (unpaired) electrons. The molecule has 0 amide bonds. The fourth-order valence-corrected chi connectivity index (χ4v) is 5.18. The third-order valence-electron chi connectivity index (χ3n) is 4.38. The molecule has 0 aliphatic carbocycles. The number of halogens is 3. The lowest BCUT2D eigenvalue weighted by molar-refractivity contribution is -0.388. The molecule has 1 N–H and O–H groups in total. The molecule has 9 nitrogen and oxygen atoms in total. The van der Waals surface area contributed by atoms with Crippen LogP contribution in [-0.2, 0) is 26.2 Å². The Morgan fingerprint density at radius 2 is 1.97 bits per heavy atom. The molecule has 0 saturated carbocycles. The lowest BCUT2D eigenvalue weighted by Crippen LogP contribution is -2.43. The van der Waals surface area contributed by atoms with Gasteiger partial charge in [0.25, 0.3) is 5.69 Å². The van der Waals surface area contributed by atoms with Crippen LogP contribution in [0.25, 0.3) is 0 Å². The van der Waals surface area contributed by atoms with E-state index in [2.05, 4.69) is 11.3 Å². The molecule has 1 aliphatic heterocycles. The molecule has 1 fully saturated rings. The van der Waals surface area contributed by atoms with Gasteiger partial charge in [-0.25, -0.2) is 21.6 Å². The molecule has 1 saturated heterocycles. The predicted octanol–water partition coefficient (Wildman–Crippen LogP) is 2.08. The maximum atomic E-state index is 12.9. The van der Waals surface area contributed by atoms with Gasteiger partial charge in [-0.05, 0) is 30.9 Å². The number of alkyl halides is 3. The summed E-state index contributed by atoms with van der Waals surface area (Å²) >= 11 is 0. The van der Waals surface area contributed by atoms with E-state index in [9.17, 15) is 40.1 Å². The van der Waals surface area contributed by atoms with E-state index in [-0.39, 0.29) is 25.7 Å². The van der Waals surface area contributed by atoms with Crippen molar-refractivity contribution < 1.29 is 34.9 Å². The monoisotopic (exact) mass is 457 g/mol. The molecule has 1 atom stereocenters. The number of piperidine rings is 1. The quantitative estimate of drug-likeness (QED) is 0.493. The van der Waals surface area contributed by atoms with Crippen LogP contribution in [0.1, 0.15) is 18.4 Å². The summed E-state index contributed by atoms with van der Waals surface area (Å²) in [5.41, 5.74) is -2.51. The van der Waals surface area contributed by atoms with Crippen LogP contribution in [0.15, 0.2) is 35.1 Å². The van der Waals surface area contributed by atoms with Crippen molar-refractivity contribution in [3.63, 3.8) is 0 Å². The molecule has 1 heterocycles. The van der Waals surface area contributed by atoms with E-state index in [1.54, 1.807) is 0 Å². The molecule has 1 aromatic rings. The van der Waals surface area contributed by atoms with Gasteiger partial charge < -0.3 is 0 Å². The van der Waals surface area contributed by atoms with E-state index in [4.69, 9.17) is 0 Å². The van der Waals surface area contributed by atoms with Gasteiger partial charge in [-0.1, -0.05) is 6.58 Å². The molecule has 14 heteroatoms. The SMILES string of the molecule is C=CS(=O)(=O)NC[C@H]1CCCN(S(=O)(=O)c2ccc(C(F)(F)F)cc2[N+](=O)[O-])C1. The average molecular weight is 457 g/mol. The van der Waals surface area contributed by atoms with Gasteiger partial charge in [-0.2, -0.15) is 17.5 Å². The smallest absolute Gasteiger partial charge is 0.258 e. The fourth-order valence-electron chi connectivity index (χ4n) is 2.90. The van der Waals surface area contributed by atoms with E-state index < -0.39 is 53.2 Å². The number of sulfonamides is 2. The van der Waals surface area contributed by atoms with Crippen LogP contribution in [-0.4, -0.2) is 45.7 Å². The standard InChI is InChI=1S/C15H18F3N3O6S2/c1-2-28(24,25)19-9-11-4-3-7-20(10-11)29(26,27)14-6-5-12(15(16,17)18)8-13(14)21(22)23/h2,5-6,8,11,19H,1,3-4,7,9-10H2/t11-/m1/s1. The lowest BCUT2D eigenvalue weighted by atomic mass is 10.0. The molecule has 0 aromatic heterocycles. The Bertz CT molecular complexity index is 1010. The van der Waals surface area contributed by atoms with Crippen molar-refractivity contribution in [1.29, 1.82) is 0 Å². The molecule has 0 spiro atoms. The van der Waals surface area contributed by atoms with E-state index in [1.165, 1.54) is 0 Å². The van der Waals surface area contributed by atoms with Crippen LogP contribution in [0.3, 0.4) is 0 Å². The van der Waals surface area contributed by atoms with Crippen molar-refractivity contribution >= 4 is 25.7 Å². The first-order chi connectivity index (χ1) is 13.3. The van der Waals surface area contributed by atoms with Gasteiger partial charge in [0.2, 0.25) is 20.0 Å². The van der Waals surface area contributed by atoms with Crippen LogP contribution in [0.5, 0.6) is 0 Å². The largest absolute Gasteiger partial charge is 0.416 e. The van der Waals surface area contributed by atoms with Crippen molar-refractivity contribution in [2.24, 2.45) is 5.92 Å². The maximum Gasteiger partial charge on any atom is 0.416 e. The Kier molecular flexibility index (Phi) is 6.71. The number of hydrogen-bond acceptors (Lipinski definition) is 6. The summed E-state index contributed by atoms with van der Waals surface area (Å²) in [5, 5.41) is 11.9. The number of nitrogens with zero attached hydrogens (tertiary/aromatic N) is 2. The maximum absolute atomic E-state index is 12.9. The number of nitro benzene ring substituents is 1. The number of nitrogens with one attached hydrogen (secondary N) is 1. The van der Waals surface area contributed by atoms with E-state index in [0.717, 1.165) is 4.31 Å². The number of nitro groups is 1. The minimum atomic E-state index is -4.87. The second-order valence-corrected chi connectivity index (χ2v) is 9.99. The minimum Gasteiger partial charge on any atom is -0.258 e. The topological polar surface area (TPSA) is 127 Å². The lowest BCUT2D eigenvalue weighted by Gasteiger charge is -2.31. The van der Waals surface area contributed by atoms with Crippen LogP contribution >= 0.6 is 0 Å². The summed E-state index contributed by atoms with van der Waals surface area (Å²) in [5.74, 6) is -0.415. The first-order valence-electron chi connectivity index (χ1n) is 8.26. The molecular formula is C15H18F3N3O6S2. The Balaban J connectivity index is 2.32. The summed E-state index contributed by atoms with van der Waals surface area (Å²) in [6.45, 7) is 2.93. The van der Waals surface area contributed by atoms with Crippen LogP contribution < -0.4 is 4.72 Å². The van der Waals surface area contributed by atoms with Gasteiger partial charge in [0, 0.05) is 31.1 Å². The Morgan fingerprint density at radius 1 is 1.31 bits per heavy atom. The van der Waals surface area contributed by atoms with E-state index in [0.29, 0.717) is 30.4 Å². The summed E-state index contributed by atoms with van der Waals surface area (Å²) in [7, 11) is -8.18. The van der Waals surface area contributed by atoms with Crippen LogP contribution in [0.2, 0.25) is 0 Å². The van der Waals surface area contributed by atoms with Crippen LogP contribution in [0, 0.1) is 16.0 Å². The third-order valence-corrected chi connectivity index (χ3v) is 7.30. The summed E-state index contributed by atoms with van der Waals surface area (Å²) in [4.78, 5) is 9.19. The van der Waals surface area contributed by atoms with Crippen LogP contribution in [0.4, 0.5) is 18.9 Å². The molecule has 2 rings (SSSR count). The first kappa shape index (κ1) is 23.3. The predicted molar refractivity (Wildman–Crippen MR) is 96.7 cm³/mol. The molecule has 1 aliphatic rings. The van der Waals surface area contributed by atoms with Gasteiger partial charge in [0.15, 0.2) is 4.90 Å². The molecule has 1 aromatic carbocycles. The first-order valence-corrected chi connectivity index (χ1v) is 11.2. The zero-order chi connectivity index (χ0) is 22.0. The van der Waals surface area contributed by atoms with Crippen molar-refractivity contribution in [3.8, 4) is 0 Å². The zero-order valence-corrected chi connectivity index (χ0v) is 16.6.